The molecule has 2 aromatic heterocycles. The zero-order valence-corrected chi connectivity index (χ0v) is 15.0. The highest BCUT2D eigenvalue weighted by molar-refractivity contribution is 9.10. The largest absolute Gasteiger partial charge is 0.260 e. The molecule has 8 nitrogen and oxygen atoms in total. The third kappa shape index (κ3) is 2.59. The second kappa shape index (κ2) is 5.43. The normalized spacial score (nSPS) is 16.2. The molecule has 0 atom stereocenters. The minimum absolute atomic E-state index is 0.0268. The van der Waals surface area contributed by atoms with Crippen LogP contribution in [0.15, 0.2) is 15.8 Å². The average molecular weight is 389 g/mol. The zero-order valence-electron chi connectivity index (χ0n) is 12.6. The van der Waals surface area contributed by atoms with Crippen molar-refractivity contribution >= 4 is 26.0 Å². The minimum Gasteiger partial charge on any atom is -0.250 e. The van der Waals surface area contributed by atoms with Crippen molar-refractivity contribution in [2.75, 3.05) is 6.54 Å². The van der Waals surface area contributed by atoms with E-state index in [1.54, 1.807) is 22.4 Å². The second-order valence-electron chi connectivity index (χ2n) is 5.52. The van der Waals surface area contributed by atoms with Crippen LogP contribution < -0.4 is 0 Å². The predicted octanol–water partition coefficient (Wildman–Crippen LogP) is 1.33. The SMILES string of the molecule is Cc1cc(S(=O)(=O)N2CCn3nc(Br)nc3C2)n(C(C)C)n1. The maximum absolute atomic E-state index is 12.9. The van der Waals surface area contributed by atoms with Gasteiger partial charge in [0.2, 0.25) is 4.73 Å². The zero-order chi connectivity index (χ0) is 16.1. The van der Waals surface area contributed by atoms with Crippen LogP contribution in [0, 0.1) is 6.92 Å². The van der Waals surface area contributed by atoms with E-state index in [0.29, 0.717) is 29.3 Å². The third-order valence-electron chi connectivity index (χ3n) is 3.52. The van der Waals surface area contributed by atoms with Crippen LogP contribution in [0.4, 0.5) is 0 Å². The van der Waals surface area contributed by atoms with E-state index in [4.69, 9.17) is 0 Å². The van der Waals surface area contributed by atoms with Crippen LogP contribution in [0.2, 0.25) is 0 Å². The number of aryl methyl sites for hydroxylation is 1. The van der Waals surface area contributed by atoms with Gasteiger partial charge in [0.25, 0.3) is 10.0 Å². The first-order chi connectivity index (χ1) is 10.3. The lowest BCUT2D eigenvalue weighted by atomic mass is 10.4. The highest BCUT2D eigenvalue weighted by atomic mass is 79.9. The number of rotatable bonds is 3. The molecule has 0 saturated carbocycles. The summed E-state index contributed by atoms with van der Waals surface area (Å²) in [5.41, 5.74) is 0.690. The summed E-state index contributed by atoms with van der Waals surface area (Å²) < 4.78 is 31.1. The first-order valence-electron chi connectivity index (χ1n) is 6.94. The molecule has 0 radical (unpaired) electrons. The summed E-state index contributed by atoms with van der Waals surface area (Å²) in [4.78, 5) is 4.21. The van der Waals surface area contributed by atoms with Crippen molar-refractivity contribution in [2.45, 2.75) is 44.9 Å². The Kier molecular flexibility index (Phi) is 3.86. The van der Waals surface area contributed by atoms with Crippen molar-refractivity contribution in [3.8, 4) is 0 Å². The molecule has 0 fully saturated rings. The molecule has 10 heteroatoms. The summed E-state index contributed by atoms with van der Waals surface area (Å²) in [5.74, 6) is 0.633. The monoisotopic (exact) mass is 388 g/mol. The lowest BCUT2D eigenvalue weighted by molar-refractivity contribution is 0.317. The lowest BCUT2D eigenvalue weighted by Crippen LogP contribution is -2.39. The summed E-state index contributed by atoms with van der Waals surface area (Å²) in [6.45, 7) is 6.69. The molecule has 0 saturated heterocycles. The van der Waals surface area contributed by atoms with E-state index in [9.17, 15) is 8.42 Å². The summed E-state index contributed by atoms with van der Waals surface area (Å²) in [7, 11) is -3.61. The van der Waals surface area contributed by atoms with Gasteiger partial charge >= 0.3 is 0 Å². The van der Waals surface area contributed by atoms with Crippen molar-refractivity contribution in [1.29, 1.82) is 0 Å². The Morgan fingerprint density at radius 2 is 2.00 bits per heavy atom. The van der Waals surface area contributed by atoms with E-state index >= 15 is 0 Å². The number of nitrogens with zero attached hydrogens (tertiary/aromatic N) is 6. The average Bonchev–Trinajstić information content (AvgIpc) is 2.99. The van der Waals surface area contributed by atoms with Gasteiger partial charge in [-0.05, 0) is 42.8 Å². The maximum Gasteiger partial charge on any atom is 0.260 e. The van der Waals surface area contributed by atoms with E-state index in [0.717, 1.165) is 0 Å². The van der Waals surface area contributed by atoms with Gasteiger partial charge < -0.3 is 0 Å². The summed E-state index contributed by atoms with van der Waals surface area (Å²) in [5, 5.41) is 8.69. The first kappa shape index (κ1) is 15.6. The van der Waals surface area contributed by atoms with Crippen molar-refractivity contribution in [2.24, 2.45) is 0 Å². The van der Waals surface area contributed by atoms with E-state index in [2.05, 4.69) is 31.1 Å². The smallest absolute Gasteiger partial charge is 0.250 e. The number of fused-ring (bicyclic) bond motifs is 1. The van der Waals surface area contributed by atoms with Crippen molar-refractivity contribution in [3.05, 3.63) is 22.3 Å². The maximum atomic E-state index is 12.9. The van der Waals surface area contributed by atoms with Gasteiger partial charge in [0, 0.05) is 12.6 Å². The van der Waals surface area contributed by atoms with Gasteiger partial charge in [-0.2, -0.15) is 9.40 Å². The molecule has 0 spiro atoms. The van der Waals surface area contributed by atoms with Gasteiger partial charge in [-0.3, -0.25) is 4.68 Å². The molecule has 3 heterocycles. The molecule has 22 heavy (non-hydrogen) atoms. The Hall–Kier alpha value is -1.26. The lowest BCUT2D eigenvalue weighted by Gasteiger charge is -2.26. The third-order valence-corrected chi connectivity index (χ3v) is 5.68. The fourth-order valence-electron chi connectivity index (χ4n) is 2.48. The highest BCUT2D eigenvalue weighted by Crippen LogP contribution is 2.24. The topological polar surface area (TPSA) is 85.9 Å². The van der Waals surface area contributed by atoms with E-state index in [1.165, 1.54) is 4.31 Å². The summed E-state index contributed by atoms with van der Waals surface area (Å²) in [6, 6.07) is 1.59. The standard InChI is InChI=1S/C12H17BrN6O2S/c1-8(2)19-11(6-9(3)15-19)22(20,21)17-4-5-18-10(7-17)14-12(13)16-18/h6,8H,4-5,7H2,1-3H3. The molecule has 0 bridgehead atoms. The number of hydrogen-bond acceptors (Lipinski definition) is 5. The molecule has 0 amide bonds. The van der Waals surface area contributed by atoms with Crippen LogP contribution >= 0.6 is 15.9 Å². The van der Waals surface area contributed by atoms with Crippen LogP contribution in [0.25, 0.3) is 0 Å². The Labute approximate surface area is 137 Å². The Morgan fingerprint density at radius 1 is 1.27 bits per heavy atom. The molecule has 3 rings (SSSR count). The molecule has 0 aliphatic carbocycles. The predicted molar refractivity (Wildman–Crippen MR) is 82.7 cm³/mol. The molecule has 0 N–H and O–H groups in total. The molecule has 1 aliphatic rings. The van der Waals surface area contributed by atoms with Gasteiger partial charge in [-0.15, -0.1) is 5.10 Å². The summed E-state index contributed by atoms with van der Waals surface area (Å²) in [6.07, 6.45) is 0. The molecule has 2 aromatic rings. The molecule has 1 aliphatic heterocycles. The van der Waals surface area contributed by atoms with Crippen LogP contribution in [-0.4, -0.2) is 43.8 Å². The Morgan fingerprint density at radius 3 is 2.68 bits per heavy atom. The van der Waals surface area contributed by atoms with E-state index in [-0.39, 0.29) is 17.6 Å². The molecule has 0 unspecified atom stereocenters. The molecular formula is C12H17BrN6O2S. The molecule has 0 aromatic carbocycles. The number of sulfonamides is 1. The van der Waals surface area contributed by atoms with Crippen LogP contribution in [0.1, 0.15) is 31.4 Å². The minimum atomic E-state index is -3.61. The Balaban J connectivity index is 1.98. The quantitative estimate of drug-likeness (QED) is 0.791. The number of aromatic nitrogens is 5. The van der Waals surface area contributed by atoms with Gasteiger partial charge in [-0.1, -0.05) is 0 Å². The molecule has 120 valence electrons. The number of hydrogen-bond donors (Lipinski definition) is 0. The molecular weight excluding hydrogens is 372 g/mol. The number of halogens is 1. The van der Waals surface area contributed by atoms with Crippen molar-refractivity contribution in [1.82, 2.24) is 28.9 Å². The van der Waals surface area contributed by atoms with Crippen LogP contribution in [0.3, 0.4) is 0 Å². The second-order valence-corrected chi connectivity index (χ2v) is 8.12. The van der Waals surface area contributed by atoms with Crippen molar-refractivity contribution < 1.29 is 8.42 Å². The van der Waals surface area contributed by atoms with Gasteiger partial charge in [0.15, 0.2) is 5.03 Å². The van der Waals surface area contributed by atoms with Gasteiger partial charge in [0.05, 0.1) is 18.8 Å². The van der Waals surface area contributed by atoms with E-state index in [1.807, 2.05) is 13.8 Å². The first-order valence-corrected chi connectivity index (χ1v) is 9.18. The van der Waals surface area contributed by atoms with Crippen LogP contribution in [-0.2, 0) is 23.1 Å². The van der Waals surface area contributed by atoms with Gasteiger partial charge in [0.1, 0.15) is 5.82 Å². The fourth-order valence-corrected chi connectivity index (χ4v) is 4.55. The Bertz CT molecular complexity index is 810. The summed E-state index contributed by atoms with van der Waals surface area (Å²) >= 11 is 3.22. The highest BCUT2D eigenvalue weighted by Gasteiger charge is 2.33. The fraction of sp³-hybridized carbons (Fsp3) is 0.583. The van der Waals surface area contributed by atoms with Gasteiger partial charge in [-0.25, -0.2) is 18.1 Å². The van der Waals surface area contributed by atoms with Crippen LogP contribution in [0.5, 0.6) is 0 Å². The van der Waals surface area contributed by atoms with E-state index < -0.39 is 10.0 Å². The van der Waals surface area contributed by atoms with Crippen molar-refractivity contribution in [3.63, 3.8) is 0 Å².